The minimum atomic E-state index is -0.502. The van der Waals surface area contributed by atoms with E-state index in [9.17, 15) is 18.8 Å². The number of hydrogen-bond donors (Lipinski definition) is 6. The highest BCUT2D eigenvalue weighted by molar-refractivity contribution is 6.35. The fourth-order valence-corrected chi connectivity index (χ4v) is 4.87. The van der Waals surface area contributed by atoms with Crippen molar-refractivity contribution in [3.63, 3.8) is 0 Å². The van der Waals surface area contributed by atoms with Gasteiger partial charge in [-0.25, -0.2) is 9.18 Å². The molecular formula is C33H34FN7O3. The van der Waals surface area contributed by atoms with Crippen LogP contribution in [-0.4, -0.2) is 53.9 Å². The quantitative estimate of drug-likeness (QED) is 0.117. The Bertz CT molecular complexity index is 1710. The first-order chi connectivity index (χ1) is 21.3. The van der Waals surface area contributed by atoms with E-state index in [1.54, 1.807) is 42.6 Å². The molecule has 3 aromatic carbocycles. The first-order valence-corrected chi connectivity index (χ1v) is 14.4. The van der Waals surface area contributed by atoms with E-state index < -0.39 is 11.8 Å². The number of nitrogens with zero attached hydrogens (tertiary/aromatic N) is 1. The zero-order valence-electron chi connectivity index (χ0n) is 24.5. The number of nitrogens with one attached hydrogen (secondary N) is 6. The molecule has 0 radical (unpaired) electrons. The van der Waals surface area contributed by atoms with Gasteiger partial charge in [-0.1, -0.05) is 32.0 Å². The molecule has 226 valence electrons. The molecule has 1 aliphatic heterocycles. The maximum atomic E-state index is 13.4. The molecular weight excluding hydrogens is 561 g/mol. The van der Waals surface area contributed by atoms with Crippen molar-refractivity contribution in [2.45, 2.75) is 13.8 Å². The summed E-state index contributed by atoms with van der Waals surface area (Å²) in [6.45, 7) is 7.38. The number of fused-ring (bicyclic) bond motifs is 1. The molecule has 0 atom stereocenters. The maximum absolute atomic E-state index is 13.4. The molecule has 4 amide bonds. The van der Waals surface area contributed by atoms with Crippen LogP contribution in [0.1, 0.15) is 35.5 Å². The summed E-state index contributed by atoms with van der Waals surface area (Å²) in [4.78, 5) is 43.1. The van der Waals surface area contributed by atoms with Crippen molar-refractivity contribution >= 4 is 57.9 Å². The van der Waals surface area contributed by atoms with Gasteiger partial charge in [-0.15, -0.1) is 0 Å². The average Bonchev–Trinajstić information content (AvgIpc) is 3.59. The monoisotopic (exact) mass is 595 g/mol. The second kappa shape index (κ2) is 13.7. The van der Waals surface area contributed by atoms with Gasteiger partial charge in [-0.2, -0.15) is 0 Å². The number of halogens is 1. The maximum Gasteiger partial charge on any atom is 0.323 e. The SMILES string of the molecule is CCN(CC)CCNC(=O)c1c[nH]c(C=C2C(=O)Nc3cc(Nc4cccc(NC(=O)Nc5cccc(F)c5)c4)ccc32)c1. The third-order valence-electron chi connectivity index (χ3n) is 7.17. The van der Waals surface area contributed by atoms with E-state index in [0.717, 1.165) is 30.9 Å². The molecule has 0 unspecified atom stereocenters. The number of rotatable bonds is 11. The third kappa shape index (κ3) is 7.50. The number of anilines is 5. The van der Waals surface area contributed by atoms with Crippen molar-refractivity contribution in [1.29, 1.82) is 0 Å². The molecule has 6 N–H and O–H groups in total. The largest absolute Gasteiger partial charge is 0.361 e. The minimum absolute atomic E-state index is 0.170. The van der Waals surface area contributed by atoms with Crippen LogP contribution < -0.4 is 26.6 Å². The molecule has 0 saturated carbocycles. The number of H-pyrrole nitrogens is 1. The zero-order valence-corrected chi connectivity index (χ0v) is 24.5. The van der Waals surface area contributed by atoms with E-state index in [-0.39, 0.29) is 11.8 Å². The summed E-state index contributed by atoms with van der Waals surface area (Å²) in [6.07, 6.45) is 3.36. The summed E-state index contributed by atoms with van der Waals surface area (Å²) in [5.41, 5.74) is 5.33. The summed E-state index contributed by atoms with van der Waals surface area (Å²) >= 11 is 0. The molecule has 0 spiro atoms. The molecule has 0 bridgehead atoms. The van der Waals surface area contributed by atoms with Gasteiger partial charge in [0.25, 0.3) is 11.8 Å². The van der Waals surface area contributed by atoms with E-state index in [4.69, 9.17) is 0 Å². The van der Waals surface area contributed by atoms with Gasteiger partial charge in [-0.3, -0.25) is 9.59 Å². The molecule has 5 rings (SSSR count). The van der Waals surface area contributed by atoms with Crippen molar-refractivity contribution in [3.8, 4) is 0 Å². The average molecular weight is 596 g/mol. The smallest absolute Gasteiger partial charge is 0.323 e. The lowest BCUT2D eigenvalue weighted by Gasteiger charge is -2.17. The lowest BCUT2D eigenvalue weighted by molar-refractivity contribution is -0.110. The van der Waals surface area contributed by atoms with Crippen LogP contribution in [-0.2, 0) is 4.79 Å². The van der Waals surface area contributed by atoms with Crippen LogP contribution in [0.25, 0.3) is 11.6 Å². The highest BCUT2D eigenvalue weighted by Gasteiger charge is 2.24. The fourth-order valence-electron chi connectivity index (χ4n) is 4.87. The zero-order chi connectivity index (χ0) is 31.1. The summed E-state index contributed by atoms with van der Waals surface area (Å²) in [6, 6.07) is 19.5. The fraction of sp³-hybridized carbons (Fsp3) is 0.182. The molecule has 4 aromatic rings. The van der Waals surface area contributed by atoms with E-state index in [2.05, 4.69) is 50.3 Å². The van der Waals surface area contributed by atoms with Gasteiger partial charge >= 0.3 is 6.03 Å². The minimum Gasteiger partial charge on any atom is -0.361 e. The van der Waals surface area contributed by atoms with E-state index in [1.165, 1.54) is 18.2 Å². The summed E-state index contributed by atoms with van der Waals surface area (Å²) in [5.74, 6) is -0.856. The number of likely N-dealkylation sites (N-methyl/N-ethyl adjacent to an activating group) is 1. The molecule has 0 saturated heterocycles. The molecule has 0 fully saturated rings. The Kier molecular flexibility index (Phi) is 9.36. The predicted octanol–water partition coefficient (Wildman–Crippen LogP) is 6.11. The number of aromatic nitrogens is 1. The summed E-state index contributed by atoms with van der Waals surface area (Å²) in [7, 11) is 0. The van der Waals surface area contributed by atoms with Crippen LogP contribution in [0, 0.1) is 5.82 Å². The van der Waals surface area contributed by atoms with Gasteiger partial charge in [0.2, 0.25) is 0 Å². The Morgan fingerprint density at radius 1 is 0.886 bits per heavy atom. The first-order valence-electron chi connectivity index (χ1n) is 14.4. The van der Waals surface area contributed by atoms with Crippen LogP contribution >= 0.6 is 0 Å². The highest BCUT2D eigenvalue weighted by atomic mass is 19.1. The molecule has 11 heteroatoms. The highest BCUT2D eigenvalue weighted by Crippen LogP contribution is 2.36. The van der Waals surface area contributed by atoms with Crippen LogP contribution in [0.15, 0.2) is 79.0 Å². The number of carbonyl (C=O) groups excluding carboxylic acids is 3. The Hall–Kier alpha value is -5.42. The Labute approximate surface area is 254 Å². The number of benzene rings is 3. The van der Waals surface area contributed by atoms with Gasteiger partial charge < -0.3 is 36.5 Å². The summed E-state index contributed by atoms with van der Waals surface area (Å²) < 4.78 is 13.4. The van der Waals surface area contributed by atoms with Crippen molar-refractivity contribution in [1.82, 2.24) is 15.2 Å². The first kappa shape index (κ1) is 30.1. The number of urea groups is 1. The van der Waals surface area contributed by atoms with Gasteiger partial charge in [0.1, 0.15) is 5.82 Å². The van der Waals surface area contributed by atoms with Crippen molar-refractivity contribution in [3.05, 3.63) is 102 Å². The van der Waals surface area contributed by atoms with Gasteiger partial charge in [0, 0.05) is 53.3 Å². The lowest BCUT2D eigenvalue weighted by atomic mass is 10.1. The molecule has 2 heterocycles. The standard InChI is InChI=1S/C33H34FN7O3/c1-3-41(4-2)14-13-35-31(42)21-15-27(36-20-21)18-29-28-12-11-26(19-30(28)40-32(29)43)37-24-9-6-10-25(17-24)39-33(44)38-23-8-5-7-22(34)16-23/h5-12,15-20,36-37H,3-4,13-14H2,1-2H3,(H,35,42)(H,40,43)(H2,38,39,44). The number of carbonyl (C=O) groups is 3. The van der Waals surface area contributed by atoms with E-state index in [0.29, 0.717) is 46.1 Å². The molecule has 1 aliphatic rings. The topological polar surface area (TPSA) is 130 Å². The van der Waals surface area contributed by atoms with Crippen molar-refractivity contribution in [2.24, 2.45) is 0 Å². The van der Waals surface area contributed by atoms with Crippen LogP contribution in [0.3, 0.4) is 0 Å². The van der Waals surface area contributed by atoms with Gasteiger partial charge in [-0.05, 0) is 73.8 Å². The second-order valence-corrected chi connectivity index (χ2v) is 10.2. The number of amides is 4. The van der Waals surface area contributed by atoms with Crippen molar-refractivity contribution in [2.75, 3.05) is 47.4 Å². The second-order valence-electron chi connectivity index (χ2n) is 10.2. The van der Waals surface area contributed by atoms with Crippen LogP contribution in [0.4, 0.5) is 37.6 Å². The Morgan fingerprint density at radius 3 is 2.34 bits per heavy atom. The van der Waals surface area contributed by atoms with E-state index >= 15 is 0 Å². The predicted molar refractivity (Wildman–Crippen MR) is 173 cm³/mol. The molecule has 1 aromatic heterocycles. The number of aromatic amines is 1. The molecule has 10 nitrogen and oxygen atoms in total. The normalized spacial score (nSPS) is 13.0. The third-order valence-corrected chi connectivity index (χ3v) is 7.17. The number of hydrogen-bond acceptors (Lipinski definition) is 5. The van der Waals surface area contributed by atoms with Gasteiger partial charge in [0.05, 0.1) is 16.8 Å². The van der Waals surface area contributed by atoms with E-state index in [1.807, 2.05) is 24.3 Å². The summed E-state index contributed by atoms with van der Waals surface area (Å²) in [5, 5.41) is 14.5. The molecule has 44 heavy (non-hydrogen) atoms. The lowest BCUT2D eigenvalue weighted by Crippen LogP contribution is -2.34. The van der Waals surface area contributed by atoms with Crippen LogP contribution in [0.2, 0.25) is 0 Å². The van der Waals surface area contributed by atoms with Crippen molar-refractivity contribution < 1.29 is 18.8 Å². The van der Waals surface area contributed by atoms with Crippen LogP contribution in [0.5, 0.6) is 0 Å². The molecule has 0 aliphatic carbocycles. The Balaban J connectivity index is 1.22. The Morgan fingerprint density at radius 2 is 1.59 bits per heavy atom. The van der Waals surface area contributed by atoms with Gasteiger partial charge in [0.15, 0.2) is 0 Å².